The van der Waals surface area contributed by atoms with Crippen molar-refractivity contribution < 1.29 is 23.9 Å². The number of barbiturate groups is 1. The number of benzene rings is 3. The normalized spacial score (nSPS) is 14.7. The summed E-state index contributed by atoms with van der Waals surface area (Å²) in [4.78, 5) is 38.9. The van der Waals surface area contributed by atoms with Gasteiger partial charge in [0.15, 0.2) is 11.5 Å². The number of nitrogens with zero attached hydrogens (tertiary/aromatic N) is 1. The van der Waals surface area contributed by atoms with Gasteiger partial charge in [0.05, 0.1) is 17.3 Å². The highest BCUT2D eigenvalue weighted by Gasteiger charge is 2.37. The van der Waals surface area contributed by atoms with Crippen LogP contribution in [0.15, 0.2) is 66.2 Å². The number of amides is 4. The van der Waals surface area contributed by atoms with Crippen molar-refractivity contribution in [2.24, 2.45) is 0 Å². The maximum Gasteiger partial charge on any atom is 0.335 e. The van der Waals surface area contributed by atoms with Crippen LogP contribution < -0.4 is 19.7 Å². The number of halogens is 3. The predicted molar refractivity (Wildman–Crippen MR) is 139 cm³/mol. The summed E-state index contributed by atoms with van der Waals surface area (Å²) in [6.07, 6.45) is 1.33. The Labute approximate surface area is 222 Å². The quantitative estimate of drug-likeness (QED) is 0.279. The van der Waals surface area contributed by atoms with Gasteiger partial charge in [0, 0.05) is 15.6 Å². The molecule has 1 aliphatic rings. The van der Waals surface area contributed by atoms with Gasteiger partial charge in [0.2, 0.25) is 0 Å². The van der Waals surface area contributed by atoms with Gasteiger partial charge in [0.25, 0.3) is 11.8 Å². The maximum absolute atomic E-state index is 13.1. The number of urea groups is 1. The molecule has 1 N–H and O–H groups in total. The van der Waals surface area contributed by atoms with Crippen LogP contribution >= 0.6 is 34.8 Å². The lowest BCUT2D eigenvalue weighted by Crippen LogP contribution is -2.54. The molecule has 0 atom stereocenters. The Morgan fingerprint density at radius 1 is 0.917 bits per heavy atom. The van der Waals surface area contributed by atoms with Crippen LogP contribution in [0.4, 0.5) is 10.5 Å². The summed E-state index contributed by atoms with van der Waals surface area (Å²) < 4.78 is 11.6. The van der Waals surface area contributed by atoms with E-state index < -0.39 is 17.8 Å². The zero-order valence-electron chi connectivity index (χ0n) is 18.9. The van der Waals surface area contributed by atoms with Crippen LogP contribution in [0.1, 0.15) is 18.1 Å². The second-order valence-corrected chi connectivity index (χ2v) is 8.83. The van der Waals surface area contributed by atoms with E-state index in [0.717, 1.165) is 10.5 Å². The largest absolute Gasteiger partial charge is 0.490 e. The third-order valence-corrected chi connectivity index (χ3v) is 6.03. The van der Waals surface area contributed by atoms with Gasteiger partial charge in [-0.1, -0.05) is 59.1 Å². The lowest BCUT2D eigenvalue weighted by Gasteiger charge is -2.26. The van der Waals surface area contributed by atoms with Crippen LogP contribution in [0.2, 0.25) is 15.1 Å². The van der Waals surface area contributed by atoms with Crippen molar-refractivity contribution in [3.05, 3.63) is 92.4 Å². The SMILES string of the molecule is CCOc1cc(/C=C2\C(=O)NC(=O)N(c3cccc(Cl)c3)C2=O)cc(Cl)c1OCc1ccccc1Cl. The molecule has 0 unspecified atom stereocenters. The fourth-order valence-electron chi connectivity index (χ4n) is 3.51. The summed E-state index contributed by atoms with van der Waals surface area (Å²) in [6, 6.07) is 15.7. The van der Waals surface area contributed by atoms with E-state index in [-0.39, 0.29) is 28.6 Å². The molecule has 7 nitrogen and oxygen atoms in total. The van der Waals surface area contributed by atoms with Crippen molar-refractivity contribution in [2.75, 3.05) is 11.5 Å². The molecular formula is C26H19Cl3N2O5. The first-order valence-corrected chi connectivity index (χ1v) is 11.9. The van der Waals surface area contributed by atoms with Crippen LogP contribution in [0.5, 0.6) is 11.5 Å². The molecule has 3 aromatic rings. The molecule has 1 saturated heterocycles. The molecule has 0 bridgehead atoms. The smallest absolute Gasteiger partial charge is 0.335 e. The van der Waals surface area contributed by atoms with Gasteiger partial charge in [-0.15, -0.1) is 0 Å². The molecule has 10 heteroatoms. The fourth-order valence-corrected chi connectivity index (χ4v) is 4.16. The molecular weight excluding hydrogens is 527 g/mol. The lowest BCUT2D eigenvalue weighted by atomic mass is 10.1. The second-order valence-electron chi connectivity index (χ2n) is 7.58. The minimum Gasteiger partial charge on any atom is -0.490 e. The maximum atomic E-state index is 13.1. The molecule has 36 heavy (non-hydrogen) atoms. The minimum atomic E-state index is -0.874. The monoisotopic (exact) mass is 544 g/mol. The van der Waals surface area contributed by atoms with Crippen LogP contribution in [0.3, 0.4) is 0 Å². The Hall–Kier alpha value is -3.52. The van der Waals surface area contributed by atoms with Gasteiger partial charge < -0.3 is 9.47 Å². The molecule has 1 heterocycles. The van der Waals surface area contributed by atoms with E-state index in [0.29, 0.717) is 28.0 Å². The molecule has 1 aliphatic heterocycles. The summed E-state index contributed by atoms with van der Waals surface area (Å²) in [6.45, 7) is 2.26. The predicted octanol–water partition coefficient (Wildman–Crippen LogP) is 6.29. The first kappa shape index (κ1) is 25.6. The number of hydrogen-bond donors (Lipinski definition) is 1. The van der Waals surface area contributed by atoms with Gasteiger partial charge in [0.1, 0.15) is 12.2 Å². The molecule has 0 saturated carbocycles. The van der Waals surface area contributed by atoms with Crippen molar-refractivity contribution in [1.29, 1.82) is 0 Å². The van der Waals surface area contributed by atoms with Gasteiger partial charge in [-0.05, 0) is 55.0 Å². The average Bonchev–Trinajstić information content (AvgIpc) is 2.82. The van der Waals surface area contributed by atoms with Crippen LogP contribution in [0, 0.1) is 0 Å². The Morgan fingerprint density at radius 2 is 1.69 bits per heavy atom. The number of nitrogens with one attached hydrogen (secondary N) is 1. The van der Waals surface area contributed by atoms with E-state index in [1.165, 1.54) is 24.3 Å². The Bertz CT molecular complexity index is 1390. The summed E-state index contributed by atoms with van der Waals surface area (Å²) in [5.74, 6) is -1.04. The fraction of sp³-hybridized carbons (Fsp3) is 0.115. The van der Waals surface area contributed by atoms with E-state index in [2.05, 4.69) is 5.32 Å². The Kier molecular flexibility index (Phi) is 7.84. The first-order valence-electron chi connectivity index (χ1n) is 10.8. The van der Waals surface area contributed by atoms with E-state index in [1.807, 2.05) is 18.2 Å². The zero-order valence-corrected chi connectivity index (χ0v) is 21.2. The Balaban J connectivity index is 1.67. The number of ether oxygens (including phenoxy) is 2. The molecule has 0 spiro atoms. The number of anilines is 1. The van der Waals surface area contributed by atoms with Gasteiger partial charge in [-0.2, -0.15) is 0 Å². The molecule has 4 rings (SSSR count). The third kappa shape index (κ3) is 5.49. The highest BCUT2D eigenvalue weighted by atomic mass is 35.5. The second kappa shape index (κ2) is 11.0. The van der Waals surface area contributed by atoms with E-state index in [9.17, 15) is 14.4 Å². The van der Waals surface area contributed by atoms with Crippen molar-refractivity contribution in [1.82, 2.24) is 5.32 Å². The standard InChI is InChI=1S/C26H19Cl3N2O5/c1-2-35-22-12-15(11-21(29)23(22)36-14-16-6-3-4-9-20(16)28)10-19-24(32)30-26(34)31(25(19)33)18-8-5-7-17(27)13-18/h3-13H,2,14H2,1H3,(H,30,32,34)/b19-10+. The summed E-state index contributed by atoms with van der Waals surface area (Å²) in [5, 5.41) is 3.25. The number of carbonyl (C=O) groups is 3. The zero-order chi connectivity index (χ0) is 25.8. The van der Waals surface area contributed by atoms with Crippen molar-refractivity contribution in [2.45, 2.75) is 13.5 Å². The van der Waals surface area contributed by atoms with Crippen LogP contribution in [0.25, 0.3) is 6.08 Å². The summed E-state index contributed by atoms with van der Waals surface area (Å²) in [5.41, 5.74) is 1.11. The van der Waals surface area contributed by atoms with Crippen molar-refractivity contribution >= 4 is 64.4 Å². The highest BCUT2D eigenvalue weighted by Crippen LogP contribution is 2.38. The summed E-state index contributed by atoms with van der Waals surface area (Å²) >= 11 is 18.7. The average molecular weight is 546 g/mol. The highest BCUT2D eigenvalue weighted by molar-refractivity contribution is 6.39. The van der Waals surface area contributed by atoms with E-state index in [4.69, 9.17) is 44.3 Å². The molecule has 3 aromatic carbocycles. The number of rotatable bonds is 7. The first-order chi connectivity index (χ1) is 17.3. The van der Waals surface area contributed by atoms with Gasteiger partial charge >= 0.3 is 6.03 Å². The molecule has 0 radical (unpaired) electrons. The molecule has 184 valence electrons. The van der Waals surface area contributed by atoms with Crippen LogP contribution in [-0.2, 0) is 16.2 Å². The van der Waals surface area contributed by atoms with Crippen molar-refractivity contribution in [3.63, 3.8) is 0 Å². The lowest BCUT2D eigenvalue weighted by molar-refractivity contribution is -0.122. The Morgan fingerprint density at radius 3 is 2.42 bits per heavy atom. The van der Waals surface area contributed by atoms with E-state index in [1.54, 1.807) is 31.2 Å². The molecule has 0 aromatic heterocycles. The molecule has 1 fully saturated rings. The number of imide groups is 2. The van der Waals surface area contributed by atoms with Gasteiger partial charge in [-0.3, -0.25) is 14.9 Å². The van der Waals surface area contributed by atoms with E-state index >= 15 is 0 Å². The number of hydrogen-bond acceptors (Lipinski definition) is 5. The summed E-state index contributed by atoms with van der Waals surface area (Å²) in [7, 11) is 0. The van der Waals surface area contributed by atoms with Crippen molar-refractivity contribution in [3.8, 4) is 11.5 Å². The third-order valence-electron chi connectivity index (χ3n) is 5.14. The topological polar surface area (TPSA) is 84.9 Å². The van der Waals surface area contributed by atoms with Crippen LogP contribution in [-0.4, -0.2) is 24.5 Å². The number of carbonyl (C=O) groups excluding carboxylic acids is 3. The molecule has 0 aliphatic carbocycles. The van der Waals surface area contributed by atoms with Gasteiger partial charge in [-0.25, -0.2) is 9.69 Å². The minimum absolute atomic E-state index is 0.150. The molecule has 4 amide bonds.